The van der Waals surface area contributed by atoms with Crippen LogP contribution < -0.4 is 11.1 Å². The first-order valence-corrected chi connectivity index (χ1v) is 7.42. The Hall–Kier alpha value is -0.690. The molecule has 0 radical (unpaired) electrons. The summed E-state index contributed by atoms with van der Waals surface area (Å²) in [5.41, 5.74) is 6.80. The number of ether oxygens (including phenoxy) is 1. The Kier molecular flexibility index (Phi) is 7.59. The fourth-order valence-electron chi connectivity index (χ4n) is 2.25. The van der Waals surface area contributed by atoms with Crippen molar-refractivity contribution in [3.8, 4) is 0 Å². The molecule has 1 aromatic rings. The van der Waals surface area contributed by atoms with Gasteiger partial charge in [-0.2, -0.15) is 0 Å². The first-order chi connectivity index (χ1) is 9.58. The highest BCUT2D eigenvalue weighted by Gasteiger charge is 2.26. The van der Waals surface area contributed by atoms with Crippen LogP contribution in [-0.2, 0) is 16.1 Å². The second-order valence-electron chi connectivity index (χ2n) is 4.93. The molecule has 1 amide bonds. The molecule has 1 atom stereocenters. The van der Waals surface area contributed by atoms with Crippen LogP contribution in [0.3, 0.4) is 0 Å². The van der Waals surface area contributed by atoms with Crippen molar-refractivity contribution in [2.75, 3.05) is 13.2 Å². The first kappa shape index (κ1) is 18.4. The van der Waals surface area contributed by atoms with Crippen LogP contribution in [0, 0.1) is 11.7 Å². The highest BCUT2D eigenvalue weighted by atomic mass is 79.9. The summed E-state index contributed by atoms with van der Waals surface area (Å²) >= 11 is 3.27. The fourth-order valence-corrected chi connectivity index (χ4v) is 2.75. The number of hydrogen-bond donors (Lipinski definition) is 2. The number of hydrogen-bond acceptors (Lipinski definition) is 3. The minimum absolute atomic E-state index is 0. The Labute approximate surface area is 138 Å². The standard InChI is InChI=1S/C14H18BrFN2O2.ClH/c15-12-7-11(16)2-1-10(12)8-18-14(19)13(17)9-3-5-20-6-4-9;/h1-2,7,9,13H,3-6,8,17H2,(H,18,19);1H. The Balaban J connectivity index is 0.00000220. The molecular weight excluding hydrogens is 363 g/mol. The third-order valence-electron chi connectivity index (χ3n) is 3.54. The number of amides is 1. The lowest BCUT2D eigenvalue weighted by atomic mass is 9.92. The van der Waals surface area contributed by atoms with Crippen LogP contribution in [0.1, 0.15) is 18.4 Å². The van der Waals surface area contributed by atoms with Crippen LogP contribution in [-0.4, -0.2) is 25.2 Å². The van der Waals surface area contributed by atoms with E-state index in [1.807, 2.05) is 0 Å². The molecule has 1 aliphatic heterocycles. The SMILES string of the molecule is Cl.NC(C(=O)NCc1ccc(F)cc1Br)C1CCOCC1. The molecule has 3 N–H and O–H groups in total. The summed E-state index contributed by atoms with van der Waals surface area (Å²) < 4.78 is 18.9. The monoisotopic (exact) mass is 380 g/mol. The van der Waals surface area contributed by atoms with Crippen LogP contribution >= 0.6 is 28.3 Å². The molecular formula is C14H19BrClFN2O2. The summed E-state index contributed by atoms with van der Waals surface area (Å²) in [6.45, 7) is 1.65. The van der Waals surface area contributed by atoms with Gasteiger partial charge < -0.3 is 15.8 Å². The fraction of sp³-hybridized carbons (Fsp3) is 0.500. The maximum Gasteiger partial charge on any atom is 0.237 e. The predicted octanol–water partition coefficient (Wildman–Crippen LogP) is 2.38. The molecule has 4 nitrogen and oxygen atoms in total. The molecule has 118 valence electrons. The average Bonchev–Trinajstić information content (AvgIpc) is 2.46. The van der Waals surface area contributed by atoms with Gasteiger partial charge in [0.05, 0.1) is 6.04 Å². The highest BCUT2D eigenvalue weighted by Crippen LogP contribution is 2.19. The largest absolute Gasteiger partial charge is 0.381 e. The average molecular weight is 382 g/mol. The molecule has 7 heteroatoms. The number of nitrogens with one attached hydrogen (secondary N) is 1. The zero-order valence-corrected chi connectivity index (χ0v) is 13.9. The van der Waals surface area contributed by atoms with E-state index in [9.17, 15) is 9.18 Å². The normalized spacial score (nSPS) is 16.9. The van der Waals surface area contributed by atoms with Gasteiger partial charge in [-0.25, -0.2) is 4.39 Å². The third-order valence-corrected chi connectivity index (χ3v) is 4.28. The van der Waals surface area contributed by atoms with Gasteiger partial charge in [-0.3, -0.25) is 4.79 Å². The molecule has 0 saturated carbocycles. The highest BCUT2D eigenvalue weighted by molar-refractivity contribution is 9.10. The van der Waals surface area contributed by atoms with Crippen LogP contribution in [0.15, 0.2) is 22.7 Å². The number of carbonyl (C=O) groups excluding carboxylic acids is 1. The summed E-state index contributed by atoms with van der Waals surface area (Å²) in [7, 11) is 0. The van der Waals surface area contributed by atoms with Crippen molar-refractivity contribution < 1.29 is 13.9 Å². The van der Waals surface area contributed by atoms with E-state index in [1.165, 1.54) is 12.1 Å². The Morgan fingerprint density at radius 1 is 1.48 bits per heavy atom. The smallest absolute Gasteiger partial charge is 0.237 e. The minimum Gasteiger partial charge on any atom is -0.381 e. The van der Waals surface area contributed by atoms with Crippen molar-refractivity contribution in [2.24, 2.45) is 11.7 Å². The molecule has 0 aliphatic carbocycles. The molecule has 1 fully saturated rings. The number of nitrogens with two attached hydrogens (primary N) is 1. The zero-order chi connectivity index (χ0) is 14.5. The first-order valence-electron chi connectivity index (χ1n) is 6.63. The van der Waals surface area contributed by atoms with Crippen molar-refractivity contribution in [1.29, 1.82) is 0 Å². The Morgan fingerprint density at radius 2 is 2.14 bits per heavy atom. The van der Waals surface area contributed by atoms with E-state index in [4.69, 9.17) is 10.5 Å². The van der Waals surface area contributed by atoms with E-state index in [1.54, 1.807) is 6.07 Å². The third kappa shape index (κ3) is 5.21. The maximum absolute atomic E-state index is 13.0. The molecule has 0 bridgehead atoms. The van der Waals surface area contributed by atoms with Crippen molar-refractivity contribution in [1.82, 2.24) is 5.32 Å². The second-order valence-corrected chi connectivity index (χ2v) is 5.78. The predicted molar refractivity (Wildman–Crippen MR) is 84.7 cm³/mol. The Morgan fingerprint density at radius 3 is 2.76 bits per heavy atom. The lowest BCUT2D eigenvalue weighted by molar-refractivity contribution is -0.124. The maximum atomic E-state index is 13.0. The van der Waals surface area contributed by atoms with Gasteiger partial charge in [0.2, 0.25) is 5.91 Å². The lowest BCUT2D eigenvalue weighted by Crippen LogP contribution is -2.46. The molecule has 21 heavy (non-hydrogen) atoms. The number of halogens is 3. The quantitative estimate of drug-likeness (QED) is 0.841. The van der Waals surface area contributed by atoms with Crippen LogP contribution in [0.2, 0.25) is 0 Å². The van der Waals surface area contributed by atoms with Crippen LogP contribution in [0.5, 0.6) is 0 Å². The van der Waals surface area contributed by atoms with Gasteiger partial charge in [0.25, 0.3) is 0 Å². The van der Waals surface area contributed by atoms with Crippen molar-refractivity contribution >= 4 is 34.2 Å². The zero-order valence-electron chi connectivity index (χ0n) is 11.5. The van der Waals surface area contributed by atoms with E-state index in [-0.39, 0.29) is 30.0 Å². The summed E-state index contributed by atoms with van der Waals surface area (Å²) in [5.74, 6) is -0.320. The Bertz CT molecular complexity index is 484. The van der Waals surface area contributed by atoms with E-state index in [0.29, 0.717) is 24.2 Å². The van der Waals surface area contributed by atoms with Gasteiger partial charge >= 0.3 is 0 Å². The van der Waals surface area contributed by atoms with Gasteiger partial charge in [-0.15, -0.1) is 12.4 Å². The minimum atomic E-state index is -0.516. The summed E-state index contributed by atoms with van der Waals surface area (Å²) in [6, 6.07) is 3.86. The van der Waals surface area contributed by atoms with E-state index in [0.717, 1.165) is 18.4 Å². The van der Waals surface area contributed by atoms with Crippen molar-refractivity contribution in [2.45, 2.75) is 25.4 Å². The summed E-state index contributed by atoms with van der Waals surface area (Å²) in [5, 5.41) is 2.80. The van der Waals surface area contributed by atoms with Crippen LogP contribution in [0.25, 0.3) is 0 Å². The van der Waals surface area contributed by atoms with Gasteiger partial charge in [0.1, 0.15) is 5.82 Å². The summed E-state index contributed by atoms with van der Waals surface area (Å²) in [6.07, 6.45) is 1.63. The molecule has 0 aromatic heterocycles. The molecule has 1 unspecified atom stereocenters. The molecule has 2 rings (SSSR count). The molecule has 1 aliphatic rings. The van der Waals surface area contributed by atoms with Gasteiger partial charge in [0, 0.05) is 24.2 Å². The number of rotatable bonds is 4. The lowest BCUT2D eigenvalue weighted by Gasteiger charge is -2.26. The second kappa shape index (κ2) is 8.68. The molecule has 1 aromatic carbocycles. The molecule has 1 saturated heterocycles. The summed E-state index contributed by atoms with van der Waals surface area (Å²) in [4.78, 5) is 12.0. The van der Waals surface area contributed by atoms with E-state index in [2.05, 4.69) is 21.2 Å². The molecule has 1 heterocycles. The van der Waals surface area contributed by atoms with E-state index >= 15 is 0 Å². The number of benzene rings is 1. The van der Waals surface area contributed by atoms with Crippen LogP contribution in [0.4, 0.5) is 4.39 Å². The van der Waals surface area contributed by atoms with Crippen molar-refractivity contribution in [3.05, 3.63) is 34.1 Å². The molecule has 0 spiro atoms. The topological polar surface area (TPSA) is 64.4 Å². The van der Waals surface area contributed by atoms with Gasteiger partial charge in [-0.1, -0.05) is 22.0 Å². The van der Waals surface area contributed by atoms with Crippen molar-refractivity contribution in [3.63, 3.8) is 0 Å². The van der Waals surface area contributed by atoms with E-state index < -0.39 is 6.04 Å². The van der Waals surface area contributed by atoms with Gasteiger partial charge in [0.15, 0.2) is 0 Å². The van der Waals surface area contributed by atoms with Gasteiger partial charge in [-0.05, 0) is 36.5 Å². The number of carbonyl (C=O) groups is 1.